The topological polar surface area (TPSA) is 174 Å². The summed E-state index contributed by atoms with van der Waals surface area (Å²) >= 11 is 2.18. The fourth-order valence-corrected chi connectivity index (χ4v) is 5.70. The number of nitrogen functional groups attached to an aromatic ring is 1. The molecule has 14 heteroatoms. The molecule has 1 aliphatic carbocycles. The predicted molar refractivity (Wildman–Crippen MR) is 113 cm³/mol. The van der Waals surface area contributed by atoms with E-state index in [1.165, 1.54) is 6.33 Å². The molecule has 1 saturated heterocycles. The number of hydrogen-bond donors (Lipinski definition) is 3. The molecule has 0 radical (unpaired) electrons. The van der Waals surface area contributed by atoms with Gasteiger partial charge in [0.1, 0.15) is 23.9 Å². The third kappa shape index (κ3) is 3.93. The summed E-state index contributed by atoms with van der Waals surface area (Å²) in [5.41, 5.74) is 11.5. The molecule has 2 aromatic rings. The van der Waals surface area contributed by atoms with Gasteiger partial charge in [-0.3, -0.25) is 0 Å². The zero-order valence-corrected chi connectivity index (χ0v) is 19.1. The number of hydrogen-bond acceptors (Lipinski definition) is 9. The van der Waals surface area contributed by atoms with Crippen molar-refractivity contribution in [3.63, 3.8) is 0 Å². The fraction of sp³-hybridized carbons (Fsp3) is 0.562. The third-order valence-corrected chi connectivity index (χ3v) is 6.94. The van der Waals surface area contributed by atoms with E-state index < -0.39 is 22.2 Å². The van der Waals surface area contributed by atoms with Crippen LogP contribution in [0.15, 0.2) is 12.5 Å². The molecule has 164 valence electrons. The maximum atomic E-state index is 11.8. The lowest BCUT2D eigenvalue weighted by molar-refractivity contribution is -0.159. The average molecular weight is 552 g/mol. The number of anilines is 1. The Morgan fingerprint density at radius 3 is 2.80 bits per heavy atom. The minimum Gasteiger partial charge on any atom is -0.383 e. The largest absolute Gasteiger partial charge is 0.421 e. The Labute approximate surface area is 186 Å². The van der Waals surface area contributed by atoms with Gasteiger partial charge in [0.05, 0.1) is 17.5 Å². The molecule has 0 bridgehead atoms. The Kier molecular flexibility index (Phi) is 5.32. The van der Waals surface area contributed by atoms with Gasteiger partial charge in [0.25, 0.3) is 0 Å². The number of nitrogens with two attached hydrogens (primary N) is 2. The molecule has 1 amide bonds. The molecule has 4 atom stereocenters. The summed E-state index contributed by atoms with van der Waals surface area (Å²) < 4.78 is 45.2. The number of rotatable bonds is 5. The summed E-state index contributed by atoms with van der Waals surface area (Å²) in [5, 5.41) is 0.756. The van der Waals surface area contributed by atoms with Gasteiger partial charge >= 0.3 is 16.4 Å². The normalized spacial score (nSPS) is 28.0. The van der Waals surface area contributed by atoms with Crippen LogP contribution in [0.4, 0.5) is 10.6 Å². The first kappa shape index (κ1) is 21.5. The second-order valence-corrected chi connectivity index (χ2v) is 10.2. The maximum Gasteiger partial charge on any atom is 0.421 e. The lowest BCUT2D eigenvalue weighted by Crippen LogP contribution is -2.37. The smallest absolute Gasteiger partial charge is 0.383 e. The van der Waals surface area contributed by atoms with E-state index in [0.717, 1.165) is 8.96 Å². The van der Waals surface area contributed by atoms with Gasteiger partial charge in [0.2, 0.25) is 0 Å². The molecule has 2 fully saturated rings. The zero-order valence-electron chi connectivity index (χ0n) is 16.1. The Morgan fingerprint density at radius 1 is 1.40 bits per heavy atom. The van der Waals surface area contributed by atoms with Gasteiger partial charge in [0.15, 0.2) is 5.79 Å². The van der Waals surface area contributed by atoms with Crippen molar-refractivity contribution < 1.29 is 26.9 Å². The van der Waals surface area contributed by atoms with Crippen molar-refractivity contribution in [1.82, 2.24) is 19.3 Å². The lowest BCUT2D eigenvalue weighted by Gasteiger charge is -2.24. The van der Waals surface area contributed by atoms with Gasteiger partial charge in [0, 0.05) is 22.2 Å². The number of fused-ring (bicyclic) bond motifs is 2. The zero-order chi connectivity index (χ0) is 21.8. The molecule has 3 heterocycles. The highest BCUT2D eigenvalue weighted by Gasteiger charge is 2.54. The van der Waals surface area contributed by atoms with E-state index in [1.807, 2.05) is 10.8 Å². The van der Waals surface area contributed by atoms with Crippen LogP contribution in [-0.2, 0) is 24.0 Å². The lowest BCUT2D eigenvalue weighted by atomic mass is 10.1. The Hall–Kier alpha value is -1.75. The van der Waals surface area contributed by atoms with Crippen LogP contribution in [0.2, 0.25) is 0 Å². The second kappa shape index (κ2) is 7.44. The van der Waals surface area contributed by atoms with Crippen molar-refractivity contribution in [3.8, 4) is 0 Å². The van der Waals surface area contributed by atoms with Gasteiger partial charge in [-0.1, -0.05) is 0 Å². The van der Waals surface area contributed by atoms with Crippen molar-refractivity contribution >= 4 is 55.8 Å². The highest BCUT2D eigenvalue weighted by atomic mass is 127. The molecule has 1 saturated carbocycles. The average Bonchev–Trinajstić information content (AvgIpc) is 3.21. The standard InChI is InChI=1S/C16H21IN6O6S/c1-16(2)27-11-7(4-22-30(25,26)29-15(19)24)3-9(12(11)28-16)23-5-8(17)10-13(18)20-6-21-14(10)23/h5-7,9,11-12,22H,3-4H2,1-2H3,(H2,19,24)(H2,18,20,21)/t7-,9-,11-,12+/m1/s1. The Morgan fingerprint density at radius 2 is 2.10 bits per heavy atom. The van der Waals surface area contributed by atoms with Gasteiger partial charge < -0.3 is 29.7 Å². The van der Waals surface area contributed by atoms with Gasteiger partial charge in [-0.05, 0) is 42.9 Å². The van der Waals surface area contributed by atoms with Crippen molar-refractivity contribution in [2.75, 3.05) is 12.3 Å². The molecule has 2 aliphatic rings. The van der Waals surface area contributed by atoms with Crippen LogP contribution in [0.25, 0.3) is 11.0 Å². The first-order chi connectivity index (χ1) is 14.0. The quantitative estimate of drug-likeness (QED) is 0.450. The van der Waals surface area contributed by atoms with Crippen LogP contribution in [0.5, 0.6) is 0 Å². The molecule has 0 unspecified atom stereocenters. The molecule has 5 N–H and O–H groups in total. The van der Waals surface area contributed by atoms with E-state index in [4.69, 9.17) is 20.9 Å². The molecule has 2 aromatic heterocycles. The van der Waals surface area contributed by atoms with E-state index in [-0.39, 0.29) is 30.7 Å². The second-order valence-electron chi connectivity index (χ2n) is 7.67. The molecular weight excluding hydrogens is 531 g/mol. The summed E-state index contributed by atoms with van der Waals surface area (Å²) in [6.45, 7) is 3.59. The van der Waals surface area contributed by atoms with Crippen LogP contribution in [-0.4, -0.2) is 53.6 Å². The summed E-state index contributed by atoms with van der Waals surface area (Å²) in [6.07, 6.45) is 1.74. The van der Waals surface area contributed by atoms with Crippen LogP contribution >= 0.6 is 22.6 Å². The molecule has 0 aromatic carbocycles. The summed E-state index contributed by atoms with van der Waals surface area (Å²) in [6, 6.07) is -0.177. The number of nitrogens with one attached hydrogen (secondary N) is 1. The third-order valence-electron chi connectivity index (χ3n) is 5.22. The fourth-order valence-electron chi connectivity index (χ4n) is 4.19. The molecule has 1 aliphatic heterocycles. The highest BCUT2D eigenvalue weighted by Crippen LogP contribution is 2.48. The minimum absolute atomic E-state index is 0.0138. The van der Waals surface area contributed by atoms with E-state index in [2.05, 4.69) is 41.5 Å². The van der Waals surface area contributed by atoms with Crippen molar-refractivity contribution in [3.05, 3.63) is 16.1 Å². The van der Waals surface area contributed by atoms with Gasteiger partial charge in [-0.15, -0.1) is 0 Å². The Bertz CT molecular complexity index is 1110. The van der Waals surface area contributed by atoms with E-state index in [1.54, 1.807) is 13.8 Å². The molecule has 30 heavy (non-hydrogen) atoms. The number of ether oxygens (including phenoxy) is 2. The number of carbonyl (C=O) groups excluding carboxylic acids is 1. The first-order valence-corrected chi connectivity index (χ1v) is 11.6. The van der Waals surface area contributed by atoms with Crippen molar-refractivity contribution in [1.29, 1.82) is 0 Å². The van der Waals surface area contributed by atoms with Crippen LogP contribution < -0.4 is 16.2 Å². The first-order valence-electron chi connectivity index (χ1n) is 9.08. The van der Waals surface area contributed by atoms with E-state index >= 15 is 0 Å². The maximum absolute atomic E-state index is 11.8. The van der Waals surface area contributed by atoms with Crippen molar-refractivity contribution in [2.24, 2.45) is 11.7 Å². The molecule has 12 nitrogen and oxygen atoms in total. The number of primary amides is 1. The summed E-state index contributed by atoms with van der Waals surface area (Å²) in [4.78, 5) is 19.2. The summed E-state index contributed by atoms with van der Waals surface area (Å²) in [5.74, 6) is -0.698. The minimum atomic E-state index is -4.31. The number of carbonyl (C=O) groups is 1. The van der Waals surface area contributed by atoms with E-state index in [9.17, 15) is 13.2 Å². The SMILES string of the molecule is CC1(C)O[C@@H]2[C@@H](CNS(=O)(=O)OC(N)=O)C[C@@H](n3cc(I)c4c(N)ncnc43)[C@@H]2O1. The van der Waals surface area contributed by atoms with Crippen LogP contribution in [0, 0.1) is 9.49 Å². The monoisotopic (exact) mass is 552 g/mol. The Balaban J connectivity index is 1.64. The van der Waals surface area contributed by atoms with Gasteiger partial charge in [-0.25, -0.2) is 14.8 Å². The molecular formula is C16H21IN6O6S. The number of nitrogens with zero attached hydrogens (tertiary/aromatic N) is 3. The van der Waals surface area contributed by atoms with Gasteiger partial charge in [-0.2, -0.15) is 13.1 Å². The highest BCUT2D eigenvalue weighted by molar-refractivity contribution is 14.1. The predicted octanol–water partition coefficient (Wildman–Crippen LogP) is 0.629. The molecule has 4 rings (SSSR count). The van der Waals surface area contributed by atoms with E-state index in [0.29, 0.717) is 17.9 Å². The van der Waals surface area contributed by atoms with Crippen LogP contribution in [0.1, 0.15) is 26.3 Å². The summed E-state index contributed by atoms with van der Waals surface area (Å²) in [7, 11) is -4.31. The number of aromatic nitrogens is 3. The molecule has 0 spiro atoms. The van der Waals surface area contributed by atoms with Crippen LogP contribution in [0.3, 0.4) is 0 Å². The number of amides is 1. The number of halogens is 1. The van der Waals surface area contributed by atoms with Crippen molar-refractivity contribution in [2.45, 2.75) is 44.3 Å².